The first kappa shape index (κ1) is 15.8. The third-order valence-electron chi connectivity index (χ3n) is 2.48. The van der Waals surface area contributed by atoms with E-state index >= 15 is 0 Å². The Kier molecular flexibility index (Phi) is 4.81. The number of alkyl halides is 3. The van der Waals surface area contributed by atoms with Crippen molar-refractivity contribution in [1.82, 2.24) is 4.72 Å². The molecule has 0 heterocycles. The fourth-order valence-electron chi connectivity index (χ4n) is 1.39. The first-order valence-electron chi connectivity index (χ1n) is 5.54. The van der Waals surface area contributed by atoms with E-state index in [2.05, 4.69) is 4.72 Å². The molecule has 0 fully saturated rings. The highest BCUT2D eigenvalue weighted by Gasteiger charge is 2.26. The molecule has 0 spiro atoms. The second-order valence-corrected chi connectivity index (χ2v) is 5.90. The molecular formula is C11H15F3N2O2S. The lowest BCUT2D eigenvalue weighted by molar-refractivity contribution is -0.135. The van der Waals surface area contributed by atoms with Gasteiger partial charge in [-0.1, -0.05) is 0 Å². The van der Waals surface area contributed by atoms with Crippen LogP contribution in [0.15, 0.2) is 23.1 Å². The van der Waals surface area contributed by atoms with E-state index in [4.69, 9.17) is 5.73 Å². The van der Waals surface area contributed by atoms with Crippen molar-refractivity contribution in [1.29, 1.82) is 0 Å². The number of benzene rings is 1. The number of hydrogen-bond donors (Lipinski definition) is 2. The second kappa shape index (κ2) is 5.79. The van der Waals surface area contributed by atoms with Crippen molar-refractivity contribution in [2.45, 2.75) is 30.8 Å². The highest BCUT2D eigenvalue weighted by Crippen LogP contribution is 2.21. The van der Waals surface area contributed by atoms with Gasteiger partial charge in [-0.15, -0.1) is 0 Å². The smallest absolute Gasteiger partial charge is 0.389 e. The molecule has 0 bridgehead atoms. The van der Waals surface area contributed by atoms with E-state index in [-0.39, 0.29) is 17.9 Å². The number of anilines is 1. The van der Waals surface area contributed by atoms with Crippen LogP contribution in [0.2, 0.25) is 0 Å². The largest absolute Gasteiger partial charge is 0.399 e. The lowest BCUT2D eigenvalue weighted by atomic mass is 10.2. The fraction of sp³-hybridized carbons (Fsp3) is 0.455. The van der Waals surface area contributed by atoms with Crippen molar-refractivity contribution in [3.63, 3.8) is 0 Å². The van der Waals surface area contributed by atoms with E-state index in [1.165, 1.54) is 18.2 Å². The molecule has 0 aliphatic rings. The molecule has 0 aliphatic carbocycles. The summed E-state index contributed by atoms with van der Waals surface area (Å²) >= 11 is 0. The van der Waals surface area contributed by atoms with Crippen LogP contribution < -0.4 is 10.5 Å². The summed E-state index contributed by atoms with van der Waals surface area (Å²) in [6.07, 6.45) is -5.59. The summed E-state index contributed by atoms with van der Waals surface area (Å²) in [4.78, 5) is -0.00814. The van der Waals surface area contributed by atoms with Crippen LogP contribution >= 0.6 is 0 Å². The summed E-state index contributed by atoms with van der Waals surface area (Å²) in [6.45, 7) is 1.39. The number of sulfonamides is 1. The van der Waals surface area contributed by atoms with Crippen LogP contribution in [-0.2, 0) is 10.0 Å². The summed E-state index contributed by atoms with van der Waals surface area (Å²) < 4.78 is 61.4. The Labute approximate surface area is 109 Å². The minimum absolute atomic E-state index is 0.00814. The normalized spacial score (nSPS) is 12.6. The van der Waals surface area contributed by atoms with Gasteiger partial charge in [-0.2, -0.15) is 13.2 Å². The Morgan fingerprint density at radius 3 is 2.47 bits per heavy atom. The quantitative estimate of drug-likeness (QED) is 0.646. The van der Waals surface area contributed by atoms with Gasteiger partial charge in [0.15, 0.2) is 0 Å². The molecule has 0 aromatic heterocycles. The summed E-state index contributed by atoms with van der Waals surface area (Å²) in [5.41, 5.74) is 6.61. The average Bonchev–Trinajstić information content (AvgIpc) is 2.27. The second-order valence-electron chi connectivity index (χ2n) is 4.13. The Bertz CT molecular complexity index is 541. The highest BCUT2D eigenvalue weighted by atomic mass is 32.2. The standard InChI is InChI=1S/C11H15F3N2O2S/c1-8-7-9(3-4-10(8)15)19(17,18)16-6-2-5-11(12,13)14/h3-4,7,16H,2,5-6,15H2,1H3. The number of nitrogens with one attached hydrogen (secondary N) is 1. The average molecular weight is 296 g/mol. The van der Waals surface area contributed by atoms with Crippen LogP contribution in [0.1, 0.15) is 18.4 Å². The lowest BCUT2D eigenvalue weighted by Crippen LogP contribution is -2.26. The molecule has 0 unspecified atom stereocenters. The first-order valence-corrected chi connectivity index (χ1v) is 7.03. The van der Waals surface area contributed by atoms with Crippen molar-refractivity contribution in [2.24, 2.45) is 0 Å². The van der Waals surface area contributed by atoms with Gasteiger partial charge >= 0.3 is 6.18 Å². The van der Waals surface area contributed by atoms with Gasteiger partial charge in [0.05, 0.1) is 4.90 Å². The summed E-state index contributed by atoms with van der Waals surface area (Å²) in [5.74, 6) is 0. The topological polar surface area (TPSA) is 72.2 Å². The van der Waals surface area contributed by atoms with E-state index in [0.29, 0.717) is 11.3 Å². The summed E-state index contributed by atoms with van der Waals surface area (Å²) in [6, 6.07) is 4.13. The molecule has 0 aliphatic heterocycles. The minimum Gasteiger partial charge on any atom is -0.399 e. The zero-order valence-corrected chi connectivity index (χ0v) is 11.1. The fourth-order valence-corrected chi connectivity index (χ4v) is 2.55. The number of halogens is 3. The maximum absolute atomic E-state index is 11.9. The molecule has 3 N–H and O–H groups in total. The van der Waals surface area contributed by atoms with Gasteiger partial charge in [-0.05, 0) is 37.1 Å². The molecule has 0 saturated carbocycles. The van der Waals surface area contributed by atoms with Crippen LogP contribution in [-0.4, -0.2) is 21.1 Å². The molecule has 0 radical (unpaired) electrons. The molecule has 0 atom stereocenters. The number of hydrogen-bond acceptors (Lipinski definition) is 3. The van der Waals surface area contributed by atoms with E-state index in [1.54, 1.807) is 6.92 Å². The summed E-state index contributed by atoms with van der Waals surface area (Å²) in [5, 5.41) is 0. The van der Waals surface area contributed by atoms with Gasteiger partial charge in [0.2, 0.25) is 10.0 Å². The Balaban J connectivity index is 2.63. The van der Waals surface area contributed by atoms with Gasteiger partial charge < -0.3 is 5.73 Å². The van der Waals surface area contributed by atoms with Crippen LogP contribution in [0.4, 0.5) is 18.9 Å². The van der Waals surface area contributed by atoms with Crippen LogP contribution in [0.3, 0.4) is 0 Å². The van der Waals surface area contributed by atoms with Crippen molar-refractivity contribution in [3.05, 3.63) is 23.8 Å². The van der Waals surface area contributed by atoms with Crippen molar-refractivity contribution < 1.29 is 21.6 Å². The third kappa shape index (κ3) is 5.07. The third-order valence-corrected chi connectivity index (χ3v) is 3.94. The maximum atomic E-state index is 11.9. The minimum atomic E-state index is -4.27. The van der Waals surface area contributed by atoms with Gasteiger partial charge in [-0.3, -0.25) is 0 Å². The van der Waals surface area contributed by atoms with Gasteiger partial charge in [0.1, 0.15) is 0 Å². The predicted molar refractivity (Wildman–Crippen MR) is 66.1 cm³/mol. The molecule has 4 nitrogen and oxygen atoms in total. The number of nitrogen functional groups attached to an aromatic ring is 1. The summed E-state index contributed by atoms with van der Waals surface area (Å²) in [7, 11) is -3.79. The van der Waals surface area contributed by atoms with Crippen LogP contribution in [0.5, 0.6) is 0 Å². The molecule has 1 rings (SSSR count). The molecule has 0 saturated heterocycles. The van der Waals surface area contributed by atoms with Gasteiger partial charge in [0, 0.05) is 18.7 Å². The van der Waals surface area contributed by atoms with Crippen molar-refractivity contribution in [2.75, 3.05) is 12.3 Å². The van der Waals surface area contributed by atoms with Crippen molar-refractivity contribution >= 4 is 15.7 Å². The molecule has 1 aromatic carbocycles. The molecule has 19 heavy (non-hydrogen) atoms. The number of rotatable bonds is 5. The van der Waals surface area contributed by atoms with Crippen LogP contribution in [0.25, 0.3) is 0 Å². The Morgan fingerprint density at radius 1 is 1.32 bits per heavy atom. The van der Waals surface area contributed by atoms with Gasteiger partial charge in [-0.25, -0.2) is 13.1 Å². The molecule has 1 aromatic rings. The predicted octanol–water partition coefficient (Wildman–Crippen LogP) is 2.20. The Hall–Kier alpha value is -1.28. The molecule has 108 valence electrons. The first-order chi connectivity index (χ1) is 8.62. The SMILES string of the molecule is Cc1cc(S(=O)(=O)NCCCC(F)(F)F)ccc1N. The number of nitrogens with two attached hydrogens (primary N) is 1. The van der Waals surface area contributed by atoms with E-state index in [0.717, 1.165) is 0 Å². The molecular weight excluding hydrogens is 281 g/mol. The Morgan fingerprint density at radius 2 is 1.95 bits per heavy atom. The number of aryl methyl sites for hydroxylation is 1. The molecule has 8 heteroatoms. The molecule has 0 amide bonds. The van der Waals surface area contributed by atoms with Gasteiger partial charge in [0.25, 0.3) is 0 Å². The van der Waals surface area contributed by atoms with E-state index < -0.39 is 22.6 Å². The highest BCUT2D eigenvalue weighted by molar-refractivity contribution is 7.89. The lowest BCUT2D eigenvalue weighted by Gasteiger charge is -2.09. The maximum Gasteiger partial charge on any atom is 0.389 e. The van der Waals surface area contributed by atoms with Crippen LogP contribution in [0, 0.1) is 6.92 Å². The monoisotopic (exact) mass is 296 g/mol. The van der Waals surface area contributed by atoms with E-state index in [1.807, 2.05) is 0 Å². The van der Waals surface area contributed by atoms with E-state index in [9.17, 15) is 21.6 Å². The zero-order chi connectivity index (χ0) is 14.7. The zero-order valence-electron chi connectivity index (χ0n) is 10.3. The van der Waals surface area contributed by atoms with Crippen molar-refractivity contribution in [3.8, 4) is 0 Å².